The number of rotatable bonds is 0. The molecule has 1 aromatic heterocycles. The number of halogens is 2. The highest BCUT2D eigenvalue weighted by atomic mass is 35.5. The van der Waals surface area contributed by atoms with Crippen molar-refractivity contribution in [2.24, 2.45) is 0 Å². The standard InChI is InChI=1S/C14H11Cl2N3O/c15-8-3-4-10-9(6-8)14(20)18-5-1-2-11(18)12-13(16)17-7-19(10)12/h3-4,6-7,11H,1-2,5H2/t11-/m0/s1. The minimum atomic E-state index is 0.00340. The second kappa shape index (κ2) is 4.24. The summed E-state index contributed by atoms with van der Waals surface area (Å²) in [6.45, 7) is 0.747. The maximum absolute atomic E-state index is 12.7. The van der Waals surface area contributed by atoms with Gasteiger partial charge in [-0.2, -0.15) is 0 Å². The molecule has 0 saturated carbocycles. The molecule has 0 bridgehead atoms. The lowest BCUT2D eigenvalue weighted by atomic mass is 10.1. The van der Waals surface area contributed by atoms with E-state index in [9.17, 15) is 4.79 Å². The van der Waals surface area contributed by atoms with Crippen LogP contribution in [-0.4, -0.2) is 26.9 Å². The number of benzene rings is 1. The van der Waals surface area contributed by atoms with Gasteiger partial charge in [0.1, 0.15) is 6.33 Å². The normalized spacial score (nSPS) is 20.4. The molecule has 1 amide bonds. The van der Waals surface area contributed by atoms with E-state index < -0.39 is 0 Å². The summed E-state index contributed by atoms with van der Waals surface area (Å²) in [7, 11) is 0. The Morgan fingerprint density at radius 3 is 3.00 bits per heavy atom. The molecule has 0 aliphatic carbocycles. The van der Waals surface area contributed by atoms with Gasteiger partial charge in [-0.1, -0.05) is 23.2 Å². The van der Waals surface area contributed by atoms with Crippen molar-refractivity contribution in [2.45, 2.75) is 18.9 Å². The van der Waals surface area contributed by atoms with Gasteiger partial charge in [0.25, 0.3) is 5.91 Å². The molecule has 0 unspecified atom stereocenters. The molecule has 2 aliphatic heterocycles. The van der Waals surface area contributed by atoms with E-state index in [0.717, 1.165) is 30.8 Å². The molecule has 0 N–H and O–H groups in total. The maximum Gasteiger partial charge on any atom is 0.256 e. The third kappa shape index (κ3) is 1.55. The van der Waals surface area contributed by atoms with Gasteiger partial charge >= 0.3 is 0 Å². The Morgan fingerprint density at radius 1 is 1.30 bits per heavy atom. The van der Waals surface area contributed by atoms with Crippen molar-refractivity contribution in [2.75, 3.05) is 6.54 Å². The number of amides is 1. The van der Waals surface area contributed by atoms with Crippen LogP contribution in [0.25, 0.3) is 5.69 Å². The molecule has 1 aromatic carbocycles. The smallest absolute Gasteiger partial charge is 0.256 e. The van der Waals surface area contributed by atoms with Gasteiger partial charge in [0.05, 0.1) is 23.0 Å². The molecule has 0 radical (unpaired) electrons. The topological polar surface area (TPSA) is 38.1 Å². The van der Waals surface area contributed by atoms with Crippen LogP contribution in [0.3, 0.4) is 0 Å². The number of hydrogen-bond donors (Lipinski definition) is 0. The highest BCUT2D eigenvalue weighted by molar-refractivity contribution is 6.31. The molecule has 102 valence electrons. The van der Waals surface area contributed by atoms with Crippen molar-refractivity contribution in [3.05, 3.63) is 46.0 Å². The first kappa shape index (κ1) is 12.2. The van der Waals surface area contributed by atoms with E-state index in [-0.39, 0.29) is 11.9 Å². The fourth-order valence-corrected chi connectivity index (χ4v) is 3.60. The van der Waals surface area contributed by atoms with Crippen molar-refractivity contribution >= 4 is 29.1 Å². The zero-order valence-electron chi connectivity index (χ0n) is 10.5. The predicted octanol–water partition coefficient (Wildman–Crippen LogP) is 3.47. The molecule has 1 fully saturated rings. The predicted molar refractivity (Wildman–Crippen MR) is 76.6 cm³/mol. The van der Waals surface area contributed by atoms with Gasteiger partial charge in [-0.15, -0.1) is 0 Å². The molecule has 1 atom stereocenters. The van der Waals surface area contributed by atoms with Gasteiger partial charge in [-0.25, -0.2) is 4.98 Å². The highest BCUT2D eigenvalue weighted by Gasteiger charge is 2.38. The van der Waals surface area contributed by atoms with Crippen LogP contribution in [0.5, 0.6) is 0 Å². The van der Waals surface area contributed by atoms with Crippen LogP contribution in [0.15, 0.2) is 24.5 Å². The Kier molecular flexibility index (Phi) is 2.59. The van der Waals surface area contributed by atoms with E-state index in [0.29, 0.717) is 15.7 Å². The molecule has 1 saturated heterocycles. The number of carbonyl (C=O) groups is 1. The van der Waals surface area contributed by atoms with E-state index in [1.807, 2.05) is 15.5 Å². The summed E-state index contributed by atoms with van der Waals surface area (Å²) in [5.74, 6) is 0.0183. The van der Waals surface area contributed by atoms with Crippen molar-refractivity contribution in [3.8, 4) is 5.69 Å². The van der Waals surface area contributed by atoms with Crippen molar-refractivity contribution < 1.29 is 4.79 Å². The molecule has 20 heavy (non-hydrogen) atoms. The van der Waals surface area contributed by atoms with E-state index in [4.69, 9.17) is 23.2 Å². The number of hydrogen-bond acceptors (Lipinski definition) is 2. The summed E-state index contributed by atoms with van der Waals surface area (Å²) >= 11 is 12.3. The van der Waals surface area contributed by atoms with Crippen LogP contribution >= 0.6 is 23.2 Å². The molecular formula is C14H11Cl2N3O. The third-order valence-corrected chi connectivity index (χ3v) is 4.56. The number of fused-ring (bicyclic) bond motifs is 5. The van der Waals surface area contributed by atoms with Crippen LogP contribution in [0, 0.1) is 0 Å². The van der Waals surface area contributed by atoms with E-state index in [2.05, 4.69) is 4.98 Å². The fraction of sp³-hybridized carbons (Fsp3) is 0.286. The minimum absolute atomic E-state index is 0.00340. The van der Waals surface area contributed by atoms with Crippen LogP contribution in [0.1, 0.15) is 34.9 Å². The van der Waals surface area contributed by atoms with Gasteiger partial charge in [0, 0.05) is 11.6 Å². The summed E-state index contributed by atoms with van der Waals surface area (Å²) in [6, 6.07) is 5.35. The van der Waals surface area contributed by atoms with E-state index >= 15 is 0 Å². The van der Waals surface area contributed by atoms with E-state index in [1.54, 1.807) is 18.5 Å². The zero-order chi connectivity index (χ0) is 13.9. The molecule has 2 aromatic rings. The molecule has 6 heteroatoms. The van der Waals surface area contributed by atoms with Gasteiger partial charge in [0.15, 0.2) is 5.15 Å². The molecule has 0 spiro atoms. The Bertz CT molecular complexity index is 725. The highest BCUT2D eigenvalue weighted by Crippen LogP contribution is 2.41. The lowest BCUT2D eigenvalue weighted by molar-refractivity contribution is 0.0739. The summed E-state index contributed by atoms with van der Waals surface area (Å²) in [4.78, 5) is 18.8. The molecule has 2 aliphatic rings. The number of imidazole rings is 1. The number of nitrogens with zero attached hydrogens (tertiary/aromatic N) is 3. The van der Waals surface area contributed by atoms with Crippen molar-refractivity contribution in [1.82, 2.24) is 14.5 Å². The Morgan fingerprint density at radius 2 is 2.15 bits per heavy atom. The van der Waals surface area contributed by atoms with Crippen LogP contribution in [0.4, 0.5) is 0 Å². The van der Waals surface area contributed by atoms with Crippen molar-refractivity contribution in [1.29, 1.82) is 0 Å². The molecular weight excluding hydrogens is 297 g/mol. The summed E-state index contributed by atoms with van der Waals surface area (Å²) < 4.78 is 1.92. The first-order valence-corrected chi connectivity index (χ1v) is 7.26. The zero-order valence-corrected chi connectivity index (χ0v) is 12.0. The monoisotopic (exact) mass is 307 g/mol. The largest absolute Gasteiger partial charge is 0.330 e. The number of carbonyl (C=O) groups excluding carboxylic acids is 1. The Labute approximate surface area is 125 Å². The molecule has 4 rings (SSSR count). The molecule has 3 heterocycles. The summed E-state index contributed by atoms with van der Waals surface area (Å²) in [5, 5.41) is 1.03. The van der Waals surface area contributed by atoms with Crippen LogP contribution in [-0.2, 0) is 0 Å². The summed E-state index contributed by atoms with van der Waals surface area (Å²) in [5.41, 5.74) is 2.30. The average Bonchev–Trinajstić information content (AvgIpc) is 3.02. The molecule has 4 nitrogen and oxygen atoms in total. The first-order valence-electron chi connectivity index (χ1n) is 6.50. The lowest BCUT2D eigenvalue weighted by Crippen LogP contribution is -2.29. The van der Waals surface area contributed by atoms with Gasteiger partial charge in [0.2, 0.25) is 0 Å². The SMILES string of the molecule is O=C1c2cc(Cl)ccc2-n2cnc(Cl)c2[C@@H]2CCCN12. The van der Waals surface area contributed by atoms with Gasteiger partial charge in [-0.3, -0.25) is 9.36 Å². The number of aromatic nitrogens is 2. The quantitative estimate of drug-likeness (QED) is 0.747. The Hall–Kier alpha value is -1.52. The van der Waals surface area contributed by atoms with Crippen LogP contribution < -0.4 is 0 Å². The second-order valence-corrected chi connectivity index (χ2v) is 5.90. The van der Waals surface area contributed by atoms with Crippen molar-refractivity contribution in [3.63, 3.8) is 0 Å². The van der Waals surface area contributed by atoms with Gasteiger partial charge in [-0.05, 0) is 31.0 Å². The summed E-state index contributed by atoms with van der Waals surface area (Å²) in [6.07, 6.45) is 3.58. The average molecular weight is 308 g/mol. The minimum Gasteiger partial charge on any atom is -0.330 e. The van der Waals surface area contributed by atoms with E-state index in [1.165, 1.54) is 0 Å². The fourth-order valence-electron chi connectivity index (χ4n) is 3.16. The Balaban J connectivity index is 2.05. The van der Waals surface area contributed by atoms with Crippen LogP contribution in [0.2, 0.25) is 10.2 Å². The first-order chi connectivity index (χ1) is 9.66. The third-order valence-electron chi connectivity index (χ3n) is 4.04. The maximum atomic E-state index is 12.7. The second-order valence-electron chi connectivity index (χ2n) is 5.11. The van der Waals surface area contributed by atoms with Gasteiger partial charge < -0.3 is 4.90 Å². The lowest BCUT2D eigenvalue weighted by Gasteiger charge is -2.22.